The molecule has 0 aromatic carbocycles. The number of halogens is 1. The fourth-order valence-corrected chi connectivity index (χ4v) is 1.99. The summed E-state index contributed by atoms with van der Waals surface area (Å²) in [4.78, 5) is 13.5. The quantitative estimate of drug-likeness (QED) is 0.438. The highest BCUT2D eigenvalue weighted by Crippen LogP contribution is 2.32. The Balaban J connectivity index is 2.29. The lowest BCUT2D eigenvalue weighted by molar-refractivity contribution is -0.398. The third-order valence-corrected chi connectivity index (χ3v) is 2.88. The highest BCUT2D eigenvalue weighted by Gasteiger charge is 2.46. The van der Waals surface area contributed by atoms with Gasteiger partial charge in [0.05, 0.1) is 5.88 Å². The van der Waals surface area contributed by atoms with Crippen LogP contribution in [0.15, 0.2) is 12.4 Å². The summed E-state index contributed by atoms with van der Waals surface area (Å²) >= 11 is 5.54. The fraction of sp³-hybridized carbons (Fsp3) is 0.625. The van der Waals surface area contributed by atoms with Gasteiger partial charge in [-0.15, -0.1) is 11.6 Å². The van der Waals surface area contributed by atoms with E-state index in [-0.39, 0.29) is 5.88 Å². The van der Waals surface area contributed by atoms with E-state index in [1.807, 2.05) is 0 Å². The number of ether oxygens (including phenoxy) is 1. The first-order valence-electron chi connectivity index (χ1n) is 4.81. The van der Waals surface area contributed by atoms with Gasteiger partial charge >= 0.3 is 5.95 Å². The fourth-order valence-electron chi connectivity index (χ4n) is 1.73. The number of hydrogen-bond donors (Lipinski definition) is 2. The van der Waals surface area contributed by atoms with E-state index < -0.39 is 35.4 Å². The van der Waals surface area contributed by atoms with Gasteiger partial charge in [-0.25, -0.2) is 0 Å². The Labute approximate surface area is 101 Å². The van der Waals surface area contributed by atoms with Crippen LogP contribution in [0, 0.1) is 10.1 Å². The molecule has 2 heterocycles. The van der Waals surface area contributed by atoms with Gasteiger partial charge < -0.3 is 25.1 Å². The van der Waals surface area contributed by atoms with Crippen molar-refractivity contribution in [2.24, 2.45) is 0 Å². The molecular formula is C8H10ClN3O5. The van der Waals surface area contributed by atoms with Gasteiger partial charge in [0.25, 0.3) is 0 Å². The summed E-state index contributed by atoms with van der Waals surface area (Å²) in [6.07, 6.45) is -1.77. The van der Waals surface area contributed by atoms with Crippen molar-refractivity contribution in [1.82, 2.24) is 9.55 Å². The Morgan fingerprint density at radius 3 is 2.82 bits per heavy atom. The van der Waals surface area contributed by atoms with Gasteiger partial charge in [0, 0.05) is 0 Å². The lowest BCUT2D eigenvalue weighted by Crippen LogP contribution is -2.32. The molecular weight excluding hydrogens is 254 g/mol. The molecule has 1 aromatic heterocycles. The van der Waals surface area contributed by atoms with Crippen LogP contribution in [0.25, 0.3) is 0 Å². The van der Waals surface area contributed by atoms with E-state index >= 15 is 0 Å². The summed E-state index contributed by atoms with van der Waals surface area (Å²) in [6.45, 7) is 0. The van der Waals surface area contributed by atoms with E-state index in [2.05, 4.69) is 4.98 Å². The van der Waals surface area contributed by atoms with E-state index in [1.54, 1.807) is 0 Å². The minimum absolute atomic E-state index is 0.0166. The zero-order chi connectivity index (χ0) is 12.6. The van der Waals surface area contributed by atoms with Crippen LogP contribution in [-0.4, -0.2) is 48.9 Å². The van der Waals surface area contributed by atoms with E-state index in [4.69, 9.17) is 16.3 Å². The molecule has 2 rings (SSSR count). The van der Waals surface area contributed by atoms with Gasteiger partial charge in [0.2, 0.25) is 6.23 Å². The van der Waals surface area contributed by atoms with Crippen molar-refractivity contribution in [3.63, 3.8) is 0 Å². The summed E-state index contributed by atoms with van der Waals surface area (Å²) in [5, 5.41) is 30.0. The number of hydrogen-bond acceptors (Lipinski definition) is 6. The second-order valence-corrected chi connectivity index (χ2v) is 3.90. The standard InChI is InChI=1S/C8H10ClN3O5/c9-3-4-5(13)6(14)7(17-4)11-2-1-10-8(11)12(15)16/h1-2,4-7,13-14H,3H2/t4-,5-,6+,7?/m1/s1. The smallest absolute Gasteiger partial charge is 0.390 e. The van der Waals surface area contributed by atoms with Crippen molar-refractivity contribution in [2.75, 3.05) is 5.88 Å². The molecule has 1 aliphatic heterocycles. The molecule has 4 atom stereocenters. The van der Waals surface area contributed by atoms with Crippen molar-refractivity contribution >= 4 is 17.5 Å². The Bertz CT molecular complexity index is 425. The maximum atomic E-state index is 10.7. The second-order valence-electron chi connectivity index (χ2n) is 3.59. The largest absolute Gasteiger partial charge is 0.436 e. The molecule has 0 aliphatic carbocycles. The third kappa shape index (κ3) is 2.00. The van der Waals surface area contributed by atoms with Crippen LogP contribution in [-0.2, 0) is 4.74 Å². The predicted octanol–water partition coefficient (Wildman–Crippen LogP) is -0.351. The normalized spacial score (nSPS) is 32.9. The summed E-state index contributed by atoms with van der Waals surface area (Å²) in [6, 6.07) is 0. The summed E-state index contributed by atoms with van der Waals surface area (Å²) < 4.78 is 6.31. The number of alkyl halides is 1. The van der Waals surface area contributed by atoms with Gasteiger partial charge in [-0.2, -0.15) is 4.57 Å². The third-order valence-electron chi connectivity index (χ3n) is 2.57. The molecule has 1 fully saturated rings. The first kappa shape index (κ1) is 12.2. The molecule has 1 saturated heterocycles. The predicted molar refractivity (Wildman–Crippen MR) is 55.5 cm³/mol. The molecule has 1 unspecified atom stereocenters. The van der Waals surface area contributed by atoms with Gasteiger partial charge in [-0.3, -0.25) is 0 Å². The first-order valence-corrected chi connectivity index (χ1v) is 5.34. The molecule has 1 aromatic rings. The van der Waals surface area contributed by atoms with Crippen LogP contribution in [0.4, 0.5) is 5.95 Å². The Morgan fingerprint density at radius 1 is 1.59 bits per heavy atom. The van der Waals surface area contributed by atoms with Gasteiger partial charge in [-0.1, -0.05) is 4.98 Å². The molecule has 1 aliphatic rings. The number of nitro groups is 1. The highest BCUT2D eigenvalue weighted by molar-refractivity contribution is 6.18. The second kappa shape index (κ2) is 4.57. The van der Waals surface area contributed by atoms with Crippen LogP contribution in [0.5, 0.6) is 0 Å². The summed E-state index contributed by atoms with van der Waals surface area (Å²) in [5.41, 5.74) is 0. The number of aliphatic hydroxyl groups is 2. The molecule has 0 spiro atoms. The van der Waals surface area contributed by atoms with E-state index in [1.165, 1.54) is 12.4 Å². The first-order chi connectivity index (χ1) is 8.06. The molecule has 17 heavy (non-hydrogen) atoms. The molecule has 0 saturated carbocycles. The number of imidazole rings is 1. The van der Waals surface area contributed by atoms with Crippen LogP contribution >= 0.6 is 11.6 Å². The van der Waals surface area contributed by atoms with Crippen molar-refractivity contribution < 1.29 is 19.9 Å². The lowest BCUT2D eigenvalue weighted by atomic mass is 10.1. The Kier molecular flexibility index (Phi) is 3.29. The maximum Gasteiger partial charge on any atom is 0.436 e. The van der Waals surface area contributed by atoms with Crippen LogP contribution in [0.1, 0.15) is 6.23 Å². The average molecular weight is 264 g/mol. The van der Waals surface area contributed by atoms with E-state index in [0.29, 0.717) is 0 Å². The van der Waals surface area contributed by atoms with Crippen molar-refractivity contribution in [3.8, 4) is 0 Å². The number of rotatable bonds is 3. The SMILES string of the molecule is O=[N+]([O-])c1nccn1C1O[C@H](CCl)[C@@H](O)[C@@H]1O. The molecule has 8 nitrogen and oxygen atoms in total. The van der Waals surface area contributed by atoms with Crippen molar-refractivity contribution in [3.05, 3.63) is 22.5 Å². The van der Waals surface area contributed by atoms with Crippen molar-refractivity contribution in [1.29, 1.82) is 0 Å². The van der Waals surface area contributed by atoms with E-state index in [9.17, 15) is 20.3 Å². The average Bonchev–Trinajstić information content (AvgIpc) is 2.86. The number of aliphatic hydroxyl groups excluding tert-OH is 2. The van der Waals surface area contributed by atoms with Crippen molar-refractivity contribution in [2.45, 2.75) is 24.5 Å². The molecule has 0 bridgehead atoms. The molecule has 94 valence electrons. The van der Waals surface area contributed by atoms with Crippen LogP contribution in [0.2, 0.25) is 0 Å². The Morgan fingerprint density at radius 2 is 2.29 bits per heavy atom. The number of nitrogens with zero attached hydrogens (tertiary/aromatic N) is 3. The lowest BCUT2D eigenvalue weighted by Gasteiger charge is -2.13. The molecule has 0 radical (unpaired) electrons. The zero-order valence-electron chi connectivity index (χ0n) is 8.51. The van der Waals surface area contributed by atoms with E-state index in [0.717, 1.165) is 4.57 Å². The van der Waals surface area contributed by atoms with Gasteiger partial charge in [0.1, 0.15) is 30.7 Å². The Hall–Kier alpha value is -1.22. The summed E-state index contributed by atoms with van der Waals surface area (Å²) in [5.74, 6) is -0.478. The highest BCUT2D eigenvalue weighted by atomic mass is 35.5. The maximum absolute atomic E-state index is 10.7. The molecule has 0 amide bonds. The van der Waals surface area contributed by atoms with Crippen LogP contribution < -0.4 is 0 Å². The zero-order valence-corrected chi connectivity index (χ0v) is 9.27. The molecule has 2 N–H and O–H groups in total. The van der Waals surface area contributed by atoms with Crippen LogP contribution in [0.3, 0.4) is 0 Å². The minimum Gasteiger partial charge on any atom is -0.390 e. The van der Waals surface area contributed by atoms with Gasteiger partial charge in [0.15, 0.2) is 0 Å². The number of aromatic nitrogens is 2. The monoisotopic (exact) mass is 263 g/mol. The van der Waals surface area contributed by atoms with Gasteiger partial charge in [-0.05, 0) is 4.92 Å². The minimum atomic E-state index is -1.29. The topological polar surface area (TPSA) is 111 Å². The molecule has 9 heteroatoms. The summed E-state index contributed by atoms with van der Waals surface area (Å²) in [7, 11) is 0.